The van der Waals surface area contributed by atoms with Gasteiger partial charge >= 0.3 is 5.97 Å². The lowest BCUT2D eigenvalue weighted by molar-refractivity contribution is -0.150. The van der Waals surface area contributed by atoms with Gasteiger partial charge in [0.15, 0.2) is 0 Å². The number of rotatable bonds is 3. The zero-order valence-electron chi connectivity index (χ0n) is 10.2. The molecule has 1 aliphatic heterocycles. The molecule has 0 aromatic heterocycles. The predicted octanol–water partition coefficient (Wildman–Crippen LogP) is 0.876. The van der Waals surface area contributed by atoms with Crippen molar-refractivity contribution in [3.8, 4) is 0 Å². The summed E-state index contributed by atoms with van der Waals surface area (Å²) in [5, 5.41) is 9.11. The van der Waals surface area contributed by atoms with Crippen molar-refractivity contribution in [2.45, 2.75) is 39.3 Å². The molecule has 0 unspecified atom stereocenters. The number of hydrogen-bond donors (Lipinski definition) is 1. The normalized spacial score (nSPS) is 20.9. The zero-order chi connectivity index (χ0) is 11.6. The van der Waals surface area contributed by atoms with Gasteiger partial charge < -0.3 is 5.11 Å². The molecule has 0 saturated carbocycles. The third-order valence-corrected chi connectivity index (χ3v) is 3.36. The fraction of sp³-hybridized carbons (Fsp3) is 0.909. The van der Waals surface area contributed by atoms with Gasteiger partial charge in [-0.15, -0.1) is 0 Å². The van der Waals surface area contributed by atoms with E-state index in [0.717, 1.165) is 26.2 Å². The summed E-state index contributed by atoms with van der Waals surface area (Å²) < 4.78 is 0. The Hall–Kier alpha value is -0.610. The second-order valence-electron chi connectivity index (χ2n) is 4.98. The second kappa shape index (κ2) is 4.49. The van der Waals surface area contributed by atoms with Crippen molar-refractivity contribution in [2.75, 3.05) is 26.2 Å². The molecule has 0 aromatic rings. The third-order valence-electron chi connectivity index (χ3n) is 3.36. The van der Waals surface area contributed by atoms with Crippen molar-refractivity contribution in [1.29, 1.82) is 0 Å². The van der Waals surface area contributed by atoms with E-state index < -0.39 is 11.5 Å². The highest BCUT2D eigenvalue weighted by Crippen LogP contribution is 2.17. The van der Waals surface area contributed by atoms with E-state index in [9.17, 15) is 4.79 Å². The van der Waals surface area contributed by atoms with Crippen molar-refractivity contribution >= 4 is 5.97 Å². The molecule has 0 spiro atoms. The van der Waals surface area contributed by atoms with Gasteiger partial charge in [-0.25, -0.2) is 0 Å². The summed E-state index contributed by atoms with van der Waals surface area (Å²) in [7, 11) is 0. The van der Waals surface area contributed by atoms with E-state index in [1.807, 2.05) is 4.90 Å². The van der Waals surface area contributed by atoms with Crippen LogP contribution in [0, 0.1) is 0 Å². The molecule has 1 rings (SSSR count). The molecule has 4 heteroatoms. The standard InChI is InChI=1S/C11H22N2O2/c1-9(2)12-5-7-13(8-6-12)11(3,4)10(14)15/h9H,5-8H2,1-4H3,(H,14,15). The Morgan fingerprint density at radius 3 is 2.00 bits per heavy atom. The molecule has 0 aliphatic carbocycles. The summed E-state index contributed by atoms with van der Waals surface area (Å²) in [5.41, 5.74) is -0.733. The van der Waals surface area contributed by atoms with Crippen LogP contribution in [0.15, 0.2) is 0 Å². The maximum atomic E-state index is 11.1. The van der Waals surface area contributed by atoms with Crippen LogP contribution < -0.4 is 0 Å². The lowest BCUT2D eigenvalue weighted by Crippen LogP contribution is -2.58. The Kier molecular flexibility index (Phi) is 3.73. The van der Waals surface area contributed by atoms with E-state index in [-0.39, 0.29) is 0 Å². The van der Waals surface area contributed by atoms with Crippen LogP contribution in [0.4, 0.5) is 0 Å². The Balaban J connectivity index is 2.54. The van der Waals surface area contributed by atoms with Gasteiger partial charge in [-0.1, -0.05) is 0 Å². The molecule has 1 N–H and O–H groups in total. The van der Waals surface area contributed by atoms with E-state index in [1.165, 1.54) is 0 Å². The fourth-order valence-electron chi connectivity index (χ4n) is 1.93. The largest absolute Gasteiger partial charge is 0.480 e. The van der Waals surface area contributed by atoms with Crippen molar-refractivity contribution in [3.63, 3.8) is 0 Å². The van der Waals surface area contributed by atoms with E-state index in [2.05, 4.69) is 18.7 Å². The van der Waals surface area contributed by atoms with Gasteiger partial charge in [0, 0.05) is 32.2 Å². The fourth-order valence-corrected chi connectivity index (χ4v) is 1.93. The molecule has 15 heavy (non-hydrogen) atoms. The minimum absolute atomic E-state index is 0.556. The van der Waals surface area contributed by atoms with Crippen molar-refractivity contribution in [3.05, 3.63) is 0 Å². The first-order valence-corrected chi connectivity index (χ1v) is 5.58. The highest BCUT2D eigenvalue weighted by atomic mass is 16.4. The summed E-state index contributed by atoms with van der Waals surface area (Å²) in [6.07, 6.45) is 0. The molecule has 0 atom stereocenters. The predicted molar refractivity (Wildman–Crippen MR) is 60.0 cm³/mol. The summed E-state index contributed by atoms with van der Waals surface area (Å²) >= 11 is 0. The molecule has 1 aliphatic rings. The zero-order valence-corrected chi connectivity index (χ0v) is 10.2. The van der Waals surface area contributed by atoms with Crippen LogP contribution in [0.1, 0.15) is 27.7 Å². The number of piperazine rings is 1. The van der Waals surface area contributed by atoms with Gasteiger partial charge in [-0.05, 0) is 27.7 Å². The first-order chi connectivity index (χ1) is 6.85. The third kappa shape index (κ3) is 2.69. The molecule has 88 valence electrons. The molecule has 0 aromatic carbocycles. The van der Waals surface area contributed by atoms with Gasteiger partial charge in [-0.2, -0.15) is 0 Å². The first kappa shape index (κ1) is 12.5. The molecule has 1 fully saturated rings. The van der Waals surface area contributed by atoms with Crippen LogP contribution in [0.2, 0.25) is 0 Å². The topological polar surface area (TPSA) is 43.8 Å². The van der Waals surface area contributed by atoms with Crippen molar-refractivity contribution < 1.29 is 9.90 Å². The van der Waals surface area contributed by atoms with Crippen LogP contribution in [0.3, 0.4) is 0 Å². The van der Waals surface area contributed by atoms with E-state index in [0.29, 0.717) is 6.04 Å². The van der Waals surface area contributed by atoms with Crippen LogP contribution in [-0.4, -0.2) is 58.6 Å². The molecular formula is C11H22N2O2. The smallest absolute Gasteiger partial charge is 0.323 e. The molecule has 1 saturated heterocycles. The summed E-state index contributed by atoms with van der Waals surface area (Å²) in [6, 6.07) is 0.556. The molecule has 4 nitrogen and oxygen atoms in total. The van der Waals surface area contributed by atoms with Crippen molar-refractivity contribution in [1.82, 2.24) is 9.80 Å². The maximum absolute atomic E-state index is 11.1. The Bertz CT molecular complexity index is 231. The van der Waals surface area contributed by atoms with Gasteiger partial charge in [0.2, 0.25) is 0 Å². The van der Waals surface area contributed by atoms with Crippen LogP contribution in [0.25, 0.3) is 0 Å². The van der Waals surface area contributed by atoms with Crippen molar-refractivity contribution in [2.24, 2.45) is 0 Å². The van der Waals surface area contributed by atoms with Gasteiger partial charge in [-0.3, -0.25) is 14.6 Å². The average molecular weight is 214 g/mol. The van der Waals surface area contributed by atoms with Crippen LogP contribution >= 0.6 is 0 Å². The number of carboxylic acids is 1. The minimum atomic E-state index is -0.736. The van der Waals surface area contributed by atoms with E-state index in [1.54, 1.807) is 13.8 Å². The molecular weight excluding hydrogens is 192 g/mol. The Labute approximate surface area is 91.9 Å². The molecule has 0 radical (unpaired) electrons. The number of aliphatic carboxylic acids is 1. The SMILES string of the molecule is CC(C)N1CCN(C(C)(C)C(=O)O)CC1. The lowest BCUT2D eigenvalue weighted by Gasteiger charge is -2.42. The maximum Gasteiger partial charge on any atom is 0.323 e. The quantitative estimate of drug-likeness (QED) is 0.757. The summed E-state index contributed by atoms with van der Waals surface area (Å²) in [4.78, 5) is 15.5. The van der Waals surface area contributed by atoms with E-state index in [4.69, 9.17) is 5.11 Å². The van der Waals surface area contributed by atoms with Crippen LogP contribution in [0.5, 0.6) is 0 Å². The molecule has 1 heterocycles. The van der Waals surface area contributed by atoms with Gasteiger partial charge in [0.25, 0.3) is 0 Å². The highest BCUT2D eigenvalue weighted by molar-refractivity contribution is 5.77. The number of carboxylic acid groups (broad SMARTS) is 1. The minimum Gasteiger partial charge on any atom is -0.480 e. The monoisotopic (exact) mass is 214 g/mol. The van der Waals surface area contributed by atoms with Gasteiger partial charge in [0.1, 0.15) is 5.54 Å². The first-order valence-electron chi connectivity index (χ1n) is 5.58. The summed E-state index contributed by atoms with van der Waals surface area (Å²) in [5.74, 6) is -0.736. The summed E-state index contributed by atoms with van der Waals surface area (Å²) in [6.45, 7) is 11.5. The van der Waals surface area contributed by atoms with E-state index >= 15 is 0 Å². The average Bonchev–Trinajstić information content (AvgIpc) is 2.17. The van der Waals surface area contributed by atoms with Gasteiger partial charge in [0.05, 0.1) is 0 Å². The Morgan fingerprint density at radius 2 is 1.67 bits per heavy atom. The lowest BCUT2D eigenvalue weighted by atomic mass is 10.0. The molecule has 0 amide bonds. The number of hydrogen-bond acceptors (Lipinski definition) is 3. The number of carbonyl (C=O) groups is 1. The Morgan fingerprint density at radius 1 is 1.20 bits per heavy atom. The molecule has 0 bridgehead atoms. The van der Waals surface area contributed by atoms with Crippen LogP contribution in [-0.2, 0) is 4.79 Å². The number of nitrogens with zero attached hydrogens (tertiary/aromatic N) is 2. The second-order valence-corrected chi connectivity index (χ2v) is 4.98. The highest BCUT2D eigenvalue weighted by Gasteiger charge is 2.36.